The van der Waals surface area contributed by atoms with Crippen molar-refractivity contribution in [3.05, 3.63) is 59.6 Å². The fourth-order valence-electron chi connectivity index (χ4n) is 1.82. The Morgan fingerprint density at radius 1 is 1.00 bits per heavy atom. The standard InChI is InChI=1S/C15H11ClN2O/c16-12-7-6-11(17)9-14(12)19-15-8-5-10-3-1-2-4-13(10)18-15/h1-9H,17H2. The summed E-state index contributed by atoms with van der Waals surface area (Å²) in [5.74, 6) is 0.996. The van der Waals surface area contributed by atoms with Gasteiger partial charge in [-0.05, 0) is 24.3 Å². The molecule has 3 rings (SSSR count). The van der Waals surface area contributed by atoms with Gasteiger partial charge in [0.2, 0.25) is 5.88 Å². The molecule has 19 heavy (non-hydrogen) atoms. The van der Waals surface area contributed by atoms with E-state index in [1.54, 1.807) is 18.2 Å². The first-order chi connectivity index (χ1) is 9.22. The van der Waals surface area contributed by atoms with Gasteiger partial charge in [-0.3, -0.25) is 0 Å². The van der Waals surface area contributed by atoms with Crippen LogP contribution in [0, 0.1) is 0 Å². The quantitative estimate of drug-likeness (QED) is 0.708. The minimum absolute atomic E-state index is 0.492. The Bertz CT molecular complexity index is 743. The van der Waals surface area contributed by atoms with E-state index in [-0.39, 0.29) is 0 Å². The number of halogens is 1. The minimum Gasteiger partial charge on any atom is -0.437 e. The van der Waals surface area contributed by atoms with E-state index >= 15 is 0 Å². The first-order valence-corrected chi connectivity index (χ1v) is 6.19. The molecule has 0 bridgehead atoms. The van der Waals surface area contributed by atoms with Crippen LogP contribution in [0.4, 0.5) is 5.69 Å². The third-order valence-electron chi connectivity index (χ3n) is 2.74. The summed E-state index contributed by atoms with van der Waals surface area (Å²) in [6.45, 7) is 0. The normalized spacial score (nSPS) is 10.6. The largest absolute Gasteiger partial charge is 0.437 e. The van der Waals surface area contributed by atoms with E-state index in [0.717, 1.165) is 10.9 Å². The fourth-order valence-corrected chi connectivity index (χ4v) is 1.97. The van der Waals surface area contributed by atoms with Gasteiger partial charge in [0, 0.05) is 23.2 Å². The maximum Gasteiger partial charge on any atom is 0.219 e. The van der Waals surface area contributed by atoms with Crippen molar-refractivity contribution in [3.8, 4) is 11.6 Å². The molecule has 0 atom stereocenters. The second-order valence-electron chi connectivity index (χ2n) is 4.13. The van der Waals surface area contributed by atoms with Gasteiger partial charge in [-0.1, -0.05) is 29.8 Å². The topological polar surface area (TPSA) is 48.1 Å². The summed E-state index contributed by atoms with van der Waals surface area (Å²) in [4.78, 5) is 4.42. The molecule has 0 aliphatic heterocycles. The average molecular weight is 271 g/mol. The van der Waals surface area contributed by atoms with Crippen LogP contribution in [0.3, 0.4) is 0 Å². The van der Waals surface area contributed by atoms with Crippen molar-refractivity contribution in [2.45, 2.75) is 0 Å². The molecule has 3 nitrogen and oxygen atoms in total. The summed E-state index contributed by atoms with van der Waals surface area (Å²) in [5, 5.41) is 1.57. The van der Waals surface area contributed by atoms with E-state index in [1.165, 1.54) is 0 Å². The molecule has 2 N–H and O–H groups in total. The summed E-state index contributed by atoms with van der Waals surface area (Å²) in [7, 11) is 0. The first kappa shape index (κ1) is 11.8. The maximum absolute atomic E-state index is 6.06. The molecule has 4 heteroatoms. The molecule has 1 heterocycles. The van der Waals surface area contributed by atoms with Crippen LogP contribution in [0.1, 0.15) is 0 Å². The van der Waals surface area contributed by atoms with Crippen LogP contribution in [0.25, 0.3) is 10.9 Å². The molecule has 0 unspecified atom stereocenters. The fraction of sp³-hybridized carbons (Fsp3) is 0. The van der Waals surface area contributed by atoms with Gasteiger partial charge in [0.1, 0.15) is 5.75 Å². The number of nitrogen functional groups attached to an aromatic ring is 1. The van der Waals surface area contributed by atoms with Crippen molar-refractivity contribution in [2.24, 2.45) is 0 Å². The van der Waals surface area contributed by atoms with Crippen LogP contribution in [0.15, 0.2) is 54.6 Å². The van der Waals surface area contributed by atoms with Crippen molar-refractivity contribution in [1.82, 2.24) is 4.98 Å². The molecule has 0 aliphatic rings. The van der Waals surface area contributed by atoms with Crippen molar-refractivity contribution >= 4 is 28.2 Å². The Balaban J connectivity index is 1.98. The predicted molar refractivity (Wildman–Crippen MR) is 77.7 cm³/mol. The number of fused-ring (bicyclic) bond motifs is 1. The Kier molecular flexibility index (Phi) is 2.97. The Morgan fingerprint density at radius 3 is 2.74 bits per heavy atom. The number of hydrogen-bond acceptors (Lipinski definition) is 3. The van der Waals surface area contributed by atoms with Crippen LogP contribution in [0.2, 0.25) is 5.02 Å². The maximum atomic E-state index is 6.06. The van der Waals surface area contributed by atoms with E-state index in [4.69, 9.17) is 22.1 Å². The molecular formula is C15H11ClN2O. The van der Waals surface area contributed by atoms with Crippen molar-refractivity contribution in [3.63, 3.8) is 0 Å². The number of aromatic nitrogens is 1. The van der Waals surface area contributed by atoms with E-state index in [2.05, 4.69) is 4.98 Å². The van der Waals surface area contributed by atoms with Crippen molar-refractivity contribution < 1.29 is 4.74 Å². The molecule has 1 aromatic heterocycles. The monoisotopic (exact) mass is 270 g/mol. The second-order valence-corrected chi connectivity index (χ2v) is 4.54. The highest BCUT2D eigenvalue weighted by Crippen LogP contribution is 2.30. The van der Waals surface area contributed by atoms with Gasteiger partial charge >= 0.3 is 0 Å². The summed E-state index contributed by atoms with van der Waals surface area (Å²) in [5.41, 5.74) is 7.19. The lowest BCUT2D eigenvalue weighted by Gasteiger charge is -2.08. The number of anilines is 1. The molecule has 0 saturated heterocycles. The highest BCUT2D eigenvalue weighted by atomic mass is 35.5. The zero-order valence-electron chi connectivity index (χ0n) is 10.0. The SMILES string of the molecule is Nc1ccc(Cl)c(Oc2ccc3ccccc3n2)c1. The highest BCUT2D eigenvalue weighted by molar-refractivity contribution is 6.32. The number of rotatable bonds is 2. The molecule has 0 radical (unpaired) electrons. The zero-order valence-corrected chi connectivity index (χ0v) is 10.8. The molecule has 0 amide bonds. The number of nitrogens with zero attached hydrogens (tertiary/aromatic N) is 1. The van der Waals surface area contributed by atoms with Crippen molar-refractivity contribution in [1.29, 1.82) is 0 Å². The third kappa shape index (κ3) is 2.46. The van der Waals surface area contributed by atoms with Gasteiger partial charge in [0.25, 0.3) is 0 Å². The Hall–Kier alpha value is -2.26. The first-order valence-electron chi connectivity index (χ1n) is 5.81. The van der Waals surface area contributed by atoms with Crippen LogP contribution < -0.4 is 10.5 Å². The van der Waals surface area contributed by atoms with Gasteiger partial charge < -0.3 is 10.5 Å². The Morgan fingerprint density at radius 2 is 1.84 bits per heavy atom. The lowest BCUT2D eigenvalue weighted by molar-refractivity contribution is 0.465. The number of ether oxygens (including phenoxy) is 1. The lowest BCUT2D eigenvalue weighted by atomic mass is 10.2. The summed E-state index contributed by atoms with van der Waals surface area (Å²) in [6.07, 6.45) is 0. The average Bonchev–Trinajstić information content (AvgIpc) is 2.43. The smallest absolute Gasteiger partial charge is 0.219 e. The zero-order chi connectivity index (χ0) is 13.2. The van der Waals surface area contributed by atoms with Crippen molar-refractivity contribution in [2.75, 3.05) is 5.73 Å². The van der Waals surface area contributed by atoms with Gasteiger partial charge in [-0.15, -0.1) is 0 Å². The molecule has 0 aliphatic carbocycles. The van der Waals surface area contributed by atoms with E-state index in [0.29, 0.717) is 22.3 Å². The molecule has 2 aromatic carbocycles. The summed E-state index contributed by atoms with van der Waals surface area (Å²) >= 11 is 6.06. The molecule has 3 aromatic rings. The highest BCUT2D eigenvalue weighted by Gasteiger charge is 2.05. The number of pyridine rings is 1. The number of hydrogen-bond donors (Lipinski definition) is 1. The van der Waals surface area contributed by atoms with E-state index < -0.39 is 0 Å². The number of nitrogens with two attached hydrogens (primary N) is 1. The second kappa shape index (κ2) is 4.78. The van der Waals surface area contributed by atoms with Crippen LogP contribution in [0.5, 0.6) is 11.6 Å². The summed E-state index contributed by atoms with van der Waals surface area (Å²) < 4.78 is 5.68. The Labute approximate surface area is 115 Å². The van der Waals surface area contributed by atoms with Crippen LogP contribution in [-0.2, 0) is 0 Å². The minimum atomic E-state index is 0.492. The summed E-state index contributed by atoms with van der Waals surface area (Å²) in [6, 6.07) is 16.7. The molecule has 0 spiro atoms. The number of para-hydroxylation sites is 1. The predicted octanol–water partition coefficient (Wildman–Crippen LogP) is 4.26. The number of benzene rings is 2. The lowest BCUT2D eigenvalue weighted by Crippen LogP contribution is -1.91. The van der Waals surface area contributed by atoms with Crippen LogP contribution in [-0.4, -0.2) is 4.98 Å². The third-order valence-corrected chi connectivity index (χ3v) is 3.05. The molecule has 0 fully saturated rings. The molecule has 0 saturated carbocycles. The van der Waals surface area contributed by atoms with Gasteiger partial charge in [-0.2, -0.15) is 0 Å². The van der Waals surface area contributed by atoms with Gasteiger partial charge in [0.05, 0.1) is 10.5 Å². The molecular weight excluding hydrogens is 260 g/mol. The van der Waals surface area contributed by atoms with Gasteiger partial charge in [0.15, 0.2) is 0 Å². The molecule has 94 valence electrons. The van der Waals surface area contributed by atoms with Gasteiger partial charge in [-0.25, -0.2) is 4.98 Å². The van der Waals surface area contributed by atoms with E-state index in [1.807, 2.05) is 36.4 Å². The van der Waals surface area contributed by atoms with Crippen LogP contribution >= 0.6 is 11.6 Å². The van der Waals surface area contributed by atoms with E-state index in [9.17, 15) is 0 Å².